The molecule has 0 heterocycles. The van der Waals surface area contributed by atoms with Gasteiger partial charge >= 0.3 is 0 Å². The van der Waals surface area contributed by atoms with E-state index >= 15 is 0 Å². The average Bonchev–Trinajstić information content (AvgIpc) is 2.15. The molecule has 0 aromatic heterocycles. The predicted molar refractivity (Wildman–Crippen MR) is 72.1 cm³/mol. The van der Waals surface area contributed by atoms with E-state index in [1.54, 1.807) is 0 Å². The minimum absolute atomic E-state index is 0.413. The lowest BCUT2D eigenvalue weighted by atomic mass is 10.1. The first-order valence-corrected chi connectivity index (χ1v) is 6.15. The number of nitrogens with zero attached hydrogens (tertiary/aromatic N) is 1. The largest absolute Gasteiger partial charge is 0.366 e. The summed E-state index contributed by atoms with van der Waals surface area (Å²) in [5.74, 6) is -0.413. The molecule has 1 amide bonds. The highest BCUT2D eigenvalue weighted by Gasteiger charge is 1.91. The number of carbonyl (C=O) groups excluding carboxylic acids is 1. The molecular weight excluding hydrogens is 199 g/mol. The molecule has 0 aliphatic rings. The van der Waals surface area contributed by atoms with Crippen molar-refractivity contribution >= 4 is 13.7 Å². The van der Waals surface area contributed by atoms with Crippen molar-refractivity contribution in [1.29, 1.82) is 0 Å². The lowest BCUT2D eigenvalue weighted by Crippen LogP contribution is -2.22. The maximum absolute atomic E-state index is 10.2. The smallest absolute Gasteiger partial charge is 0.200 e. The fourth-order valence-electron chi connectivity index (χ4n) is 1.12. The normalized spacial score (nSPS) is 9.56. The Morgan fingerprint density at radius 1 is 1.06 bits per heavy atom. The molecule has 4 heteroatoms. The van der Waals surface area contributed by atoms with Crippen molar-refractivity contribution in [2.75, 3.05) is 27.7 Å². The van der Waals surface area contributed by atoms with E-state index in [0.29, 0.717) is 0 Å². The zero-order valence-corrected chi connectivity index (χ0v) is 11.4. The molecule has 0 saturated heterocycles. The van der Waals surface area contributed by atoms with Crippen LogP contribution in [0.3, 0.4) is 0 Å². The molecule has 0 rings (SSSR count). The van der Waals surface area contributed by atoms with Crippen LogP contribution in [0.5, 0.6) is 0 Å². The summed E-state index contributed by atoms with van der Waals surface area (Å²) in [6, 6.07) is 0. The quantitative estimate of drug-likeness (QED) is 0.534. The van der Waals surface area contributed by atoms with Gasteiger partial charge in [-0.3, -0.25) is 4.79 Å². The highest BCUT2D eigenvalue weighted by molar-refractivity contribution is 6.57. The van der Waals surface area contributed by atoms with Crippen molar-refractivity contribution in [3.8, 4) is 0 Å². The Morgan fingerprint density at radius 3 is 1.94 bits per heavy atom. The maximum Gasteiger partial charge on any atom is 0.200 e. The number of amides is 1. The van der Waals surface area contributed by atoms with Gasteiger partial charge in [0.05, 0.1) is 0 Å². The molecule has 2 radical (unpaired) electrons. The third kappa shape index (κ3) is 29.2. The molecule has 0 atom stereocenters. The van der Waals surface area contributed by atoms with Crippen molar-refractivity contribution in [2.45, 2.75) is 45.4 Å². The SMILES string of the molecule is CN(C)C.[B]C(=O)NCCCCCCCC. The van der Waals surface area contributed by atoms with Crippen LogP contribution in [0.2, 0.25) is 0 Å². The van der Waals surface area contributed by atoms with Crippen molar-refractivity contribution in [1.82, 2.24) is 10.2 Å². The van der Waals surface area contributed by atoms with Crippen molar-refractivity contribution in [3.05, 3.63) is 0 Å². The van der Waals surface area contributed by atoms with Gasteiger partial charge in [0.1, 0.15) is 0 Å². The first kappa shape index (κ1) is 17.9. The number of nitrogens with one attached hydrogen (secondary N) is 1. The van der Waals surface area contributed by atoms with Gasteiger partial charge in [0.15, 0.2) is 13.7 Å². The molecule has 0 aliphatic heterocycles. The van der Waals surface area contributed by atoms with Gasteiger partial charge in [-0.05, 0) is 27.6 Å². The number of rotatable bonds is 7. The molecule has 0 aromatic rings. The predicted octanol–water partition coefficient (Wildman–Crippen LogP) is 2.40. The second kappa shape index (κ2) is 14.5. The Morgan fingerprint density at radius 2 is 1.50 bits per heavy atom. The topological polar surface area (TPSA) is 32.3 Å². The van der Waals surface area contributed by atoms with Crippen LogP contribution in [0.15, 0.2) is 0 Å². The fourth-order valence-corrected chi connectivity index (χ4v) is 1.12. The number of hydrogen-bond donors (Lipinski definition) is 1. The van der Waals surface area contributed by atoms with E-state index in [9.17, 15) is 4.79 Å². The summed E-state index contributed by atoms with van der Waals surface area (Å²) in [4.78, 5) is 12.2. The van der Waals surface area contributed by atoms with Crippen LogP contribution in [0.1, 0.15) is 45.4 Å². The number of hydrogen-bond acceptors (Lipinski definition) is 2. The lowest BCUT2D eigenvalue weighted by Gasteiger charge is -2.01. The highest BCUT2D eigenvalue weighted by atomic mass is 16.1. The molecular formula is C12H27BN2O. The van der Waals surface area contributed by atoms with Gasteiger partial charge in [-0.15, -0.1) is 0 Å². The van der Waals surface area contributed by atoms with Gasteiger partial charge in [0, 0.05) is 6.54 Å². The molecule has 0 bridgehead atoms. The van der Waals surface area contributed by atoms with E-state index in [1.165, 1.54) is 32.1 Å². The zero-order chi connectivity index (χ0) is 12.8. The molecule has 0 unspecified atom stereocenters. The minimum atomic E-state index is -0.413. The summed E-state index contributed by atoms with van der Waals surface area (Å²) >= 11 is 0. The summed E-state index contributed by atoms with van der Waals surface area (Å²) in [5.41, 5.74) is 0. The monoisotopic (exact) mass is 226 g/mol. The highest BCUT2D eigenvalue weighted by Crippen LogP contribution is 2.03. The molecule has 1 N–H and O–H groups in total. The molecule has 0 aliphatic carbocycles. The molecule has 0 fully saturated rings. The van der Waals surface area contributed by atoms with Gasteiger partial charge in [-0.1, -0.05) is 39.0 Å². The van der Waals surface area contributed by atoms with Crippen molar-refractivity contribution < 1.29 is 4.79 Å². The minimum Gasteiger partial charge on any atom is -0.366 e. The fraction of sp³-hybridized carbons (Fsp3) is 0.917. The maximum atomic E-state index is 10.2. The van der Waals surface area contributed by atoms with E-state index in [1.807, 2.05) is 26.0 Å². The van der Waals surface area contributed by atoms with E-state index in [4.69, 9.17) is 7.85 Å². The average molecular weight is 226 g/mol. The Kier molecular flexibility index (Phi) is 16.2. The van der Waals surface area contributed by atoms with Crippen LogP contribution in [0.4, 0.5) is 4.79 Å². The van der Waals surface area contributed by atoms with Crippen molar-refractivity contribution in [3.63, 3.8) is 0 Å². The Bertz CT molecular complexity index is 149. The third-order valence-electron chi connectivity index (χ3n) is 1.83. The zero-order valence-electron chi connectivity index (χ0n) is 11.4. The van der Waals surface area contributed by atoms with Gasteiger partial charge in [-0.25, -0.2) is 0 Å². The van der Waals surface area contributed by atoms with E-state index < -0.39 is 5.81 Å². The summed E-state index contributed by atoms with van der Waals surface area (Å²) in [6.07, 6.45) is 7.43. The molecule has 0 aromatic carbocycles. The first-order valence-electron chi connectivity index (χ1n) is 6.15. The van der Waals surface area contributed by atoms with Crippen LogP contribution < -0.4 is 5.32 Å². The summed E-state index contributed by atoms with van der Waals surface area (Å²) < 4.78 is 0. The molecule has 0 spiro atoms. The molecule has 94 valence electrons. The Hall–Kier alpha value is -0.505. The molecule has 0 saturated carbocycles. The Labute approximate surface area is 102 Å². The number of unbranched alkanes of at least 4 members (excludes halogenated alkanes) is 5. The Balaban J connectivity index is 0. The first-order chi connectivity index (χ1) is 7.50. The van der Waals surface area contributed by atoms with Gasteiger partial charge < -0.3 is 10.2 Å². The van der Waals surface area contributed by atoms with E-state index in [-0.39, 0.29) is 0 Å². The van der Waals surface area contributed by atoms with E-state index in [2.05, 4.69) is 12.2 Å². The number of carbonyl (C=O) groups is 1. The standard InChI is InChI=1S/C9H18BNO.C3H9N/c1-2-3-4-5-6-7-8-11-9(10)12;1-4(2)3/h2-8H2,1H3,(H,11,12);1-3H3. The van der Waals surface area contributed by atoms with Crippen LogP contribution >= 0.6 is 0 Å². The second-order valence-corrected chi connectivity index (χ2v) is 4.40. The van der Waals surface area contributed by atoms with E-state index in [0.717, 1.165) is 13.0 Å². The van der Waals surface area contributed by atoms with Gasteiger partial charge in [-0.2, -0.15) is 0 Å². The lowest BCUT2D eigenvalue weighted by molar-refractivity contribution is 0.259. The van der Waals surface area contributed by atoms with Crippen LogP contribution in [-0.4, -0.2) is 46.2 Å². The summed E-state index contributed by atoms with van der Waals surface area (Å²) in [5, 5.41) is 2.58. The summed E-state index contributed by atoms with van der Waals surface area (Å²) in [7, 11) is 10.9. The third-order valence-corrected chi connectivity index (χ3v) is 1.83. The van der Waals surface area contributed by atoms with Gasteiger partial charge in [0.25, 0.3) is 0 Å². The van der Waals surface area contributed by atoms with Crippen LogP contribution in [-0.2, 0) is 0 Å². The molecule has 16 heavy (non-hydrogen) atoms. The van der Waals surface area contributed by atoms with Crippen molar-refractivity contribution in [2.24, 2.45) is 0 Å². The second-order valence-electron chi connectivity index (χ2n) is 4.40. The molecule has 3 nitrogen and oxygen atoms in total. The van der Waals surface area contributed by atoms with Crippen LogP contribution in [0, 0.1) is 0 Å². The van der Waals surface area contributed by atoms with Gasteiger partial charge in [0.2, 0.25) is 0 Å². The van der Waals surface area contributed by atoms with Crippen LogP contribution in [0.25, 0.3) is 0 Å². The summed E-state index contributed by atoms with van der Waals surface area (Å²) in [6.45, 7) is 2.93.